The first kappa shape index (κ1) is 89.9. The van der Waals surface area contributed by atoms with Gasteiger partial charge in [-0.3, -0.25) is 33.0 Å². The molecule has 2 saturated heterocycles. The van der Waals surface area contributed by atoms with Crippen molar-refractivity contribution in [3.63, 3.8) is 0 Å². The summed E-state index contributed by atoms with van der Waals surface area (Å²) in [4.78, 5) is 111. The molecule has 2 aliphatic heterocycles. The Labute approximate surface area is 579 Å². The van der Waals surface area contributed by atoms with Gasteiger partial charge >= 0.3 is 33.6 Å². The maximum atomic E-state index is 14.6. The van der Waals surface area contributed by atoms with Crippen molar-refractivity contribution in [2.45, 2.75) is 350 Å². The average molecular weight is 1460 g/mol. The van der Waals surface area contributed by atoms with Crippen LogP contribution in [0.4, 0.5) is 0 Å². The third-order valence-electron chi connectivity index (χ3n) is 17.0. The molecule has 96 heavy (non-hydrogen) atoms. The lowest BCUT2D eigenvalue weighted by Gasteiger charge is -2.47. The molecule has 0 spiro atoms. The van der Waals surface area contributed by atoms with Crippen molar-refractivity contribution in [1.82, 2.24) is 10.6 Å². The van der Waals surface area contributed by atoms with Crippen molar-refractivity contribution < 1.29 is 121 Å². The van der Waals surface area contributed by atoms with E-state index in [0.717, 1.165) is 128 Å². The number of phosphoric acid groups is 2. The number of halogens is 2. The number of carbonyl (C=O) groups is 5. The Kier molecular flexibility index (Phi) is 50.2. The number of nitrogens with one attached hydrogen (secondary N) is 2. The van der Waals surface area contributed by atoms with Crippen molar-refractivity contribution >= 4 is 68.6 Å². The summed E-state index contributed by atoms with van der Waals surface area (Å²) in [5.41, 5.74) is 0. The fraction of sp³-hybridized carbons (Fsp3) is 0.923. The Balaban J connectivity index is 2.71. The monoisotopic (exact) mass is 1460 g/mol. The number of aliphatic hydroxyl groups is 6. The van der Waals surface area contributed by atoms with Crippen LogP contribution in [0.25, 0.3) is 0 Å². The predicted octanol–water partition coefficient (Wildman–Crippen LogP) is 8.90. The Morgan fingerprint density at radius 3 is 1.34 bits per heavy atom. The number of alkyl halides is 2. The molecule has 14 atom stereocenters. The van der Waals surface area contributed by atoms with E-state index in [1.54, 1.807) is 0 Å². The first-order valence-corrected chi connectivity index (χ1v) is 39.6. The van der Waals surface area contributed by atoms with Gasteiger partial charge in [-0.15, -0.1) is 23.2 Å². The van der Waals surface area contributed by atoms with Crippen LogP contribution in [0.5, 0.6) is 0 Å². The van der Waals surface area contributed by atoms with Gasteiger partial charge in [-0.2, -0.15) is 0 Å². The second-order valence-electron chi connectivity index (χ2n) is 25.6. The van der Waals surface area contributed by atoms with Gasteiger partial charge < -0.3 is 89.3 Å². The zero-order chi connectivity index (χ0) is 71.2. The summed E-state index contributed by atoms with van der Waals surface area (Å²) in [7, 11) is -11.3. The number of ether oxygens (including phenoxy) is 6. The highest BCUT2D eigenvalue weighted by Crippen LogP contribution is 2.44. The largest absolute Gasteiger partial charge is 0.472 e. The van der Waals surface area contributed by atoms with Crippen LogP contribution in [0.3, 0.4) is 0 Å². The second kappa shape index (κ2) is 53.6. The molecule has 0 aromatic carbocycles. The number of hydrogen-bond acceptors (Lipinski definition) is 21. The highest BCUT2D eigenvalue weighted by atomic mass is 35.5. The van der Waals surface area contributed by atoms with Crippen LogP contribution in [-0.4, -0.2) is 197 Å². The molecule has 2 amide bonds. The summed E-state index contributed by atoms with van der Waals surface area (Å²) < 4.78 is 71.4. The van der Waals surface area contributed by atoms with E-state index in [2.05, 4.69) is 17.6 Å². The minimum Gasteiger partial charge on any atom is -0.462 e. The van der Waals surface area contributed by atoms with E-state index >= 15 is 0 Å². The minimum absolute atomic E-state index is 0.0518. The summed E-state index contributed by atoms with van der Waals surface area (Å²) in [6, 6.07) is -3.86. The first-order chi connectivity index (χ1) is 45.9. The molecule has 27 nitrogen and oxygen atoms in total. The van der Waals surface area contributed by atoms with Gasteiger partial charge in [0.25, 0.3) is 0 Å². The van der Waals surface area contributed by atoms with Crippen LogP contribution in [0.2, 0.25) is 0 Å². The lowest BCUT2D eigenvalue weighted by molar-refractivity contribution is -0.296. The molecule has 2 rings (SSSR count). The number of amides is 2. The van der Waals surface area contributed by atoms with Crippen LogP contribution in [-0.2, 0) is 70.6 Å². The maximum Gasteiger partial charge on any atom is 0.472 e. The number of carbonyl (C=O) groups excluding carboxylic acids is 5. The molecule has 0 aliphatic carbocycles. The smallest absolute Gasteiger partial charge is 0.462 e. The Hall–Kier alpha value is -2.21. The van der Waals surface area contributed by atoms with Gasteiger partial charge in [-0.05, 0) is 57.8 Å². The quantitative estimate of drug-likeness (QED) is 0.00888. The van der Waals surface area contributed by atoms with E-state index < -0.39 is 170 Å². The molecular weight excluding hydrogens is 1340 g/mol. The van der Waals surface area contributed by atoms with Crippen molar-refractivity contribution in [3.05, 3.63) is 0 Å². The topological polar surface area (TPSA) is 420 Å². The molecule has 31 heteroatoms. The molecule has 564 valence electrons. The molecule has 0 saturated carbocycles. The molecule has 2 heterocycles. The number of hydrogen-bond donors (Lipinski definition) is 12. The summed E-state index contributed by atoms with van der Waals surface area (Å²) in [5, 5.41) is 70.2. The zero-order valence-electron chi connectivity index (χ0n) is 56.9. The third kappa shape index (κ3) is 42.3. The summed E-state index contributed by atoms with van der Waals surface area (Å²) in [6.45, 7) is 2.10. The van der Waals surface area contributed by atoms with Gasteiger partial charge in [-0.25, -0.2) is 9.13 Å². The maximum absolute atomic E-state index is 14.6. The van der Waals surface area contributed by atoms with E-state index in [0.29, 0.717) is 63.1 Å². The van der Waals surface area contributed by atoms with Crippen molar-refractivity contribution in [3.8, 4) is 0 Å². The van der Waals surface area contributed by atoms with E-state index in [9.17, 15) is 83.3 Å². The van der Waals surface area contributed by atoms with Crippen LogP contribution < -0.4 is 10.6 Å². The van der Waals surface area contributed by atoms with Gasteiger partial charge in [0.15, 0.2) is 24.8 Å². The van der Waals surface area contributed by atoms with Crippen LogP contribution in [0.1, 0.15) is 264 Å². The van der Waals surface area contributed by atoms with Crippen LogP contribution in [0, 0.1) is 0 Å². The zero-order valence-corrected chi connectivity index (χ0v) is 60.2. The van der Waals surface area contributed by atoms with Gasteiger partial charge in [-0.1, -0.05) is 174 Å². The van der Waals surface area contributed by atoms with E-state index in [4.69, 9.17) is 60.7 Å². The van der Waals surface area contributed by atoms with Crippen LogP contribution >= 0.6 is 38.8 Å². The molecule has 2 fully saturated rings. The predicted molar refractivity (Wildman–Crippen MR) is 358 cm³/mol. The van der Waals surface area contributed by atoms with Gasteiger partial charge in [0, 0.05) is 24.8 Å². The van der Waals surface area contributed by atoms with E-state index in [-0.39, 0.29) is 38.7 Å². The molecule has 10 unspecified atom stereocenters. The van der Waals surface area contributed by atoms with Crippen molar-refractivity contribution in [1.29, 1.82) is 0 Å². The summed E-state index contributed by atoms with van der Waals surface area (Å²) >= 11 is 11.6. The lowest BCUT2D eigenvalue weighted by atomic mass is 9.95. The van der Waals surface area contributed by atoms with E-state index in [1.807, 2.05) is 6.92 Å². The number of aliphatic hydroxyl groups excluding tert-OH is 6. The van der Waals surface area contributed by atoms with Crippen molar-refractivity contribution in [2.24, 2.45) is 0 Å². The third-order valence-corrected chi connectivity index (χ3v) is 18.5. The van der Waals surface area contributed by atoms with Gasteiger partial charge in [0.1, 0.15) is 42.6 Å². The molecule has 0 aromatic rings. The average Bonchev–Trinajstić information content (AvgIpc) is 0.794. The van der Waals surface area contributed by atoms with Crippen LogP contribution in [0.15, 0.2) is 0 Å². The SMILES string of the molecule is CCCCCCCCCCCC(=O)O[C@H](CCCCCCCCO)CC(=O)NC1C(OCC2OC(OP(=O)(O)O)C(NC(=O)C[C@H](O)CCCCCCCCCl)C(OC(=O)C[C@H](O)CCCCCCCl)C2O)OC(CO)C(OP(=O)(O)O)C1OC(=O)C[C@H](O)CCCCCCC. The van der Waals surface area contributed by atoms with Gasteiger partial charge in [0.2, 0.25) is 11.8 Å². The number of rotatable bonds is 59. The molecule has 2 aliphatic rings. The minimum atomic E-state index is -5.65. The fourth-order valence-electron chi connectivity index (χ4n) is 11.7. The standard InChI is InChI=1S/C65H120Cl2N2O25P2/c1-3-5-7-9-10-11-12-20-29-37-55(77)88-50(36-28-19-14-16-24-32-40-70)44-54(76)69-59-63(92-57(79)43-49(74)34-25-17-8-6-4-2)61(93-95(81,82)83)51(45-71)89-64(59)87-46-52-60(80)62(91-56(78)42-48(73)35-27-21-23-31-39-67)58(65(90-52)94-96(84,85)86)68-53(75)41-47(72)33-26-18-13-15-22-30-38-66/h47-52,58-65,70-74,80H,3-46H2,1-2H3,(H,68,75)(H,69,76)(H2,81,82,83)(H2,84,85,86)/t47-,48-,49-,50-,51?,52?,58?,59?,60?,61?,62?,63?,64?,65?/m1/s1. The second-order valence-corrected chi connectivity index (χ2v) is 28.8. The number of unbranched alkanes of at least 4 members (excludes halogenated alkanes) is 25. The summed E-state index contributed by atoms with van der Waals surface area (Å²) in [5.74, 6) is -3.74. The molecule has 0 radical (unpaired) electrons. The van der Waals surface area contributed by atoms with Gasteiger partial charge in [0.05, 0.1) is 57.2 Å². The number of esters is 3. The highest BCUT2D eigenvalue weighted by molar-refractivity contribution is 7.46. The Morgan fingerprint density at radius 2 is 0.875 bits per heavy atom. The molecule has 0 bridgehead atoms. The van der Waals surface area contributed by atoms with E-state index in [1.165, 1.54) is 12.8 Å². The fourth-order valence-corrected chi connectivity index (χ4v) is 13.1. The number of phosphoric ester groups is 2. The normalized spacial score (nSPS) is 22.8. The lowest BCUT2D eigenvalue weighted by Crippen LogP contribution is -2.68. The summed E-state index contributed by atoms with van der Waals surface area (Å²) in [6.07, 6.45) is 1.76. The highest BCUT2D eigenvalue weighted by Gasteiger charge is 2.55. The van der Waals surface area contributed by atoms with Crippen molar-refractivity contribution in [2.75, 3.05) is 31.6 Å². The molecule has 0 aromatic heterocycles. The Bertz CT molecular complexity index is 2170. The molecular formula is C65H120Cl2N2O25P2. The Morgan fingerprint density at radius 1 is 0.469 bits per heavy atom. The molecule has 12 N–H and O–H groups in total. The first-order valence-electron chi connectivity index (χ1n) is 35.5.